The van der Waals surface area contributed by atoms with Gasteiger partial charge in [-0.2, -0.15) is 0 Å². The monoisotopic (exact) mass is 196 g/mol. The van der Waals surface area contributed by atoms with Gasteiger partial charge in [-0.25, -0.2) is 0 Å². The Morgan fingerprint density at radius 2 is 2.14 bits per heavy atom. The molecule has 2 unspecified atom stereocenters. The van der Waals surface area contributed by atoms with Crippen molar-refractivity contribution in [3.8, 4) is 0 Å². The van der Waals surface area contributed by atoms with Crippen LogP contribution in [0.15, 0.2) is 0 Å². The van der Waals surface area contributed by atoms with Crippen molar-refractivity contribution in [2.45, 2.75) is 44.6 Å². The van der Waals surface area contributed by atoms with Crippen LogP contribution < -0.4 is 10.6 Å². The van der Waals surface area contributed by atoms with E-state index in [1.165, 1.54) is 19.3 Å². The number of piperazine rings is 1. The molecule has 1 saturated carbocycles. The standard InChI is InChI=1S/C11H20N2O/c1-9-3-2-5-11(6-4-9)10(14)12-7-8-13-11/h9,13H,2-8H2,1H3,(H,12,14). The minimum atomic E-state index is -0.219. The molecule has 1 aliphatic carbocycles. The lowest BCUT2D eigenvalue weighted by molar-refractivity contribution is -0.129. The molecule has 2 N–H and O–H groups in total. The first-order chi connectivity index (χ1) is 6.73. The minimum absolute atomic E-state index is 0.219. The summed E-state index contributed by atoms with van der Waals surface area (Å²) in [6.45, 7) is 4.01. The van der Waals surface area contributed by atoms with Crippen LogP contribution in [0, 0.1) is 5.92 Å². The number of carbonyl (C=O) groups is 1. The molecule has 1 aliphatic heterocycles. The van der Waals surface area contributed by atoms with Gasteiger partial charge < -0.3 is 10.6 Å². The average molecular weight is 196 g/mol. The van der Waals surface area contributed by atoms with E-state index in [2.05, 4.69) is 17.6 Å². The zero-order valence-corrected chi connectivity index (χ0v) is 8.94. The van der Waals surface area contributed by atoms with Gasteiger partial charge in [0.1, 0.15) is 0 Å². The van der Waals surface area contributed by atoms with Gasteiger partial charge in [0.25, 0.3) is 0 Å². The van der Waals surface area contributed by atoms with E-state index in [4.69, 9.17) is 0 Å². The maximum atomic E-state index is 11.9. The maximum Gasteiger partial charge on any atom is 0.240 e. The predicted octanol–water partition coefficient (Wildman–Crippen LogP) is 1.04. The zero-order chi connectivity index (χ0) is 10.0. The number of carbonyl (C=O) groups excluding carboxylic acids is 1. The summed E-state index contributed by atoms with van der Waals surface area (Å²) >= 11 is 0. The first-order valence-electron chi connectivity index (χ1n) is 5.76. The third kappa shape index (κ3) is 1.78. The molecule has 2 aliphatic rings. The second-order valence-corrected chi connectivity index (χ2v) is 4.80. The third-order valence-corrected chi connectivity index (χ3v) is 3.67. The normalized spacial score (nSPS) is 39.2. The van der Waals surface area contributed by atoms with Crippen molar-refractivity contribution < 1.29 is 4.79 Å². The van der Waals surface area contributed by atoms with Gasteiger partial charge in [0.2, 0.25) is 5.91 Å². The Labute approximate surface area is 85.6 Å². The van der Waals surface area contributed by atoms with E-state index in [1.54, 1.807) is 0 Å². The first-order valence-corrected chi connectivity index (χ1v) is 5.76. The molecule has 0 aromatic heterocycles. The molecule has 0 bridgehead atoms. The van der Waals surface area contributed by atoms with E-state index in [-0.39, 0.29) is 11.4 Å². The van der Waals surface area contributed by atoms with Crippen molar-refractivity contribution >= 4 is 5.91 Å². The first kappa shape index (κ1) is 9.97. The molecule has 2 atom stereocenters. The number of rotatable bonds is 0. The summed E-state index contributed by atoms with van der Waals surface area (Å²) < 4.78 is 0. The fourth-order valence-corrected chi connectivity index (χ4v) is 2.65. The van der Waals surface area contributed by atoms with Crippen LogP contribution in [-0.2, 0) is 4.79 Å². The van der Waals surface area contributed by atoms with E-state index in [0.717, 1.165) is 31.8 Å². The molecule has 14 heavy (non-hydrogen) atoms. The summed E-state index contributed by atoms with van der Waals surface area (Å²) in [5.74, 6) is 1.02. The lowest BCUT2D eigenvalue weighted by atomic mass is 9.87. The molecule has 2 rings (SSSR count). The average Bonchev–Trinajstić information content (AvgIpc) is 2.36. The van der Waals surface area contributed by atoms with Crippen LogP contribution >= 0.6 is 0 Å². The molecule has 2 fully saturated rings. The van der Waals surface area contributed by atoms with Crippen LogP contribution in [0.1, 0.15) is 39.0 Å². The van der Waals surface area contributed by atoms with Gasteiger partial charge in [-0.1, -0.05) is 19.8 Å². The van der Waals surface area contributed by atoms with Crippen molar-refractivity contribution in [2.24, 2.45) is 5.92 Å². The summed E-state index contributed by atoms with van der Waals surface area (Å²) in [7, 11) is 0. The van der Waals surface area contributed by atoms with E-state index in [9.17, 15) is 4.79 Å². The Bertz CT molecular complexity index is 229. The number of hydrogen-bond donors (Lipinski definition) is 2. The van der Waals surface area contributed by atoms with Crippen molar-refractivity contribution in [1.82, 2.24) is 10.6 Å². The van der Waals surface area contributed by atoms with Crippen LogP contribution in [0.5, 0.6) is 0 Å². The lowest BCUT2D eigenvalue weighted by Crippen LogP contribution is -2.62. The van der Waals surface area contributed by atoms with Gasteiger partial charge >= 0.3 is 0 Å². The largest absolute Gasteiger partial charge is 0.353 e. The lowest BCUT2D eigenvalue weighted by Gasteiger charge is -2.36. The second kappa shape index (κ2) is 3.89. The van der Waals surface area contributed by atoms with Crippen molar-refractivity contribution in [3.63, 3.8) is 0 Å². The zero-order valence-electron chi connectivity index (χ0n) is 8.94. The molecule has 3 nitrogen and oxygen atoms in total. The summed E-state index contributed by atoms with van der Waals surface area (Å²) in [6, 6.07) is 0. The smallest absolute Gasteiger partial charge is 0.240 e. The van der Waals surface area contributed by atoms with Crippen molar-refractivity contribution in [2.75, 3.05) is 13.1 Å². The fraction of sp³-hybridized carbons (Fsp3) is 0.909. The molecule has 1 amide bonds. The summed E-state index contributed by atoms with van der Waals surface area (Å²) in [4.78, 5) is 11.9. The quantitative estimate of drug-likeness (QED) is 0.608. The highest BCUT2D eigenvalue weighted by atomic mass is 16.2. The Morgan fingerprint density at radius 1 is 1.29 bits per heavy atom. The van der Waals surface area contributed by atoms with Crippen molar-refractivity contribution in [3.05, 3.63) is 0 Å². The molecular weight excluding hydrogens is 176 g/mol. The molecule has 0 aromatic carbocycles. The van der Waals surface area contributed by atoms with Crippen LogP contribution in [0.3, 0.4) is 0 Å². The van der Waals surface area contributed by atoms with Gasteiger partial charge in [0.15, 0.2) is 0 Å². The predicted molar refractivity (Wildman–Crippen MR) is 56.0 cm³/mol. The highest BCUT2D eigenvalue weighted by Gasteiger charge is 2.40. The highest BCUT2D eigenvalue weighted by molar-refractivity contribution is 5.87. The Kier molecular flexibility index (Phi) is 2.77. The molecule has 3 heteroatoms. The summed E-state index contributed by atoms with van der Waals surface area (Å²) in [5, 5.41) is 6.42. The SMILES string of the molecule is CC1CCCC2(CC1)NCCNC2=O. The molecule has 1 heterocycles. The Balaban J connectivity index is 2.08. The molecule has 1 saturated heterocycles. The summed E-state index contributed by atoms with van der Waals surface area (Å²) in [6.07, 6.45) is 5.67. The fourth-order valence-electron chi connectivity index (χ4n) is 2.65. The van der Waals surface area contributed by atoms with Gasteiger partial charge in [-0.05, 0) is 25.2 Å². The third-order valence-electron chi connectivity index (χ3n) is 3.67. The molecule has 80 valence electrons. The van der Waals surface area contributed by atoms with Crippen LogP contribution in [0.2, 0.25) is 0 Å². The topological polar surface area (TPSA) is 41.1 Å². The molecular formula is C11H20N2O. The number of nitrogens with one attached hydrogen (secondary N) is 2. The maximum absolute atomic E-state index is 11.9. The van der Waals surface area contributed by atoms with E-state index >= 15 is 0 Å². The van der Waals surface area contributed by atoms with Gasteiger partial charge in [0, 0.05) is 13.1 Å². The van der Waals surface area contributed by atoms with Crippen LogP contribution in [-0.4, -0.2) is 24.5 Å². The number of amides is 1. The molecule has 0 aromatic rings. The minimum Gasteiger partial charge on any atom is -0.353 e. The van der Waals surface area contributed by atoms with E-state index in [1.807, 2.05) is 0 Å². The van der Waals surface area contributed by atoms with Gasteiger partial charge in [0.05, 0.1) is 5.54 Å². The van der Waals surface area contributed by atoms with E-state index in [0.29, 0.717) is 0 Å². The highest BCUT2D eigenvalue weighted by Crippen LogP contribution is 2.31. The number of hydrogen-bond acceptors (Lipinski definition) is 2. The second-order valence-electron chi connectivity index (χ2n) is 4.80. The van der Waals surface area contributed by atoms with Gasteiger partial charge in [-0.3, -0.25) is 4.79 Å². The Hall–Kier alpha value is -0.570. The van der Waals surface area contributed by atoms with Crippen LogP contribution in [0.25, 0.3) is 0 Å². The van der Waals surface area contributed by atoms with Crippen molar-refractivity contribution in [1.29, 1.82) is 0 Å². The summed E-state index contributed by atoms with van der Waals surface area (Å²) in [5.41, 5.74) is -0.219. The van der Waals surface area contributed by atoms with E-state index < -0.39 is 0 Å². The van der Waals surface area contributed by atoms with Crippen LogP contribution in [0.4, 0.5) is 0 Å². The molecule has 1 spiro atoms. The Morgan fingerprint density at radius 3 is 2.93 bits per heavy atom. The molecule has 0 radical (unpaired) electrons. The van der Waals surface area contributed by atoms with Gasteiger partial charge in [-0.15, -0.1) is 0 Å².